The maximum Gasteiger partial charge on any atom is 0.237 e. The molecule has 252 valence electrons. The molecule has 4 aromatic carbocycles. The van der Waals surface area contributed by atoms with E-state index in [0.717, 1.165) is 33.2 Å². The minimum Gasteiger partial charge on any atom is -0.489 e. The Labute approximate surface area is 283 Å². The molecule has 0 saturated carbocycles. The number of hydrogen-bond acceptors (Lipinski definition) is 6. The number of nitrogens with zero attached hydrogens (tertiary/aromatic N) is 1. The number of rotatable bonds is 11. The summed E-state index contributed by atoms with van der Waals surface area (Å²) >= 11 is 0. The highest BCUT2D eigenvalue weighted by Crippen LogP contribution is 2.33. The maximum atomic E-state index is 13.9. The van der Waals surface area contributed by atoms with Crippen LogP contribution in [0.25, 0.3) is 10.8 Å². The highest BCUT2D eigenvalue weighted by atomic mass is 16.5. The van der Waals surface area contributed by atoms with Gasteiger partial charge in [0, 0.05) is 37.4 Å². The summed E-state index contributed by atoms with van der Waals surface area (Å²) in [4.78, 5) is 29.7. The van der Waals surface area contributed by atoms with Crippen molar-refractivity contribution in [1.82, 2.24) is 15.5 Å². The van der Waals surface area contributed by atoms with Crippen molar-refractivity contribution in [3.63, 3.8) is 0 Å². The molecule has 1 unspecified atom stereocenters. The lowest BCUT2D eigenvalue weighted by molar-refractivity contribution is -0.128. The average molecular weight is 650 g/mol. The minimum absolute atomic E-state index is 0.0217. The van der Waals surface area contributed by atoms with E-state index in [1.54, 1.807) is 0 Å². The summed E-state index contributed by atoms with van der Waals surface area (Å²) in [5.74, 6) is -0.203. The van der Waals surface area contributed by atoms with Crippen LogP contribution in [0.4, 0.5) is 0 Å². The van der Waals surface area contributed by atoms with Crippen LogP contribution in [0.5, 0.6) is 5.75 Å². The Morgan fingerprint density at radius 2 is 1.65 bits per heavy atom. The van der Waals surface area contributed by atoms with Gasteiger partial charge in [0.2, 0.25) is 11.8 Å². The lowest BCUT2D eigenvalue weighted by atomic mass is 9.91. The van der Waals surface area contributed by atoms with Crippen LogP contribution in [0.2, 0.25) is 0 Å². The highest BCUT2D eigenvalue weighted by Gasteiger charge is 2.43. The fourth-order valence-corrected chi connectivity index (χ4v) is 7.26. The van der Waals surface area contributed by atoms with Crippen molar-refractivity contribution >= 4 is 22.6 Å². The van der Waals surface area contributed by atoms with Crippen molar-refractivity contribution in [2.75, 3.05) is 13.1 Å². The van der Waals surface area contributed by atoms with Gasteiger partial charge in [-0.15, -0.1) is 0 Å². The predicted molar refractivity (Wildman–Crippen MR) is 188 cm³/mol. The Hall–Kier alpha value is -4.24. The molecule has 4 N–H and O–H groups in total. The number of para-hydroxylation sites is 1. The number of amides is 2. The number of carbonyl (C=O) groups is 2. The zero-order valence-corrected chi connectivity index (χ0v) is 28.0. The summed E-state index contributed by atoms with van der Waals surface area (Å²) in [5, 5.41) is 30.4. The van der Waals surface area contributed by atoms with Crippen LogP contribution in [0.3, 0.4) is 0 Å². The van der Waals surface area contributed by atoms with Crippen molar-refractivity contribution in [3.05, 3.63) is 114 Å². The standard InChI is InChI=1S/C40H47N3O5/c1-40(2,3)43-25-33(48-32-14-5-4-6-15-32)23-35(43)39(47)41-24-31(44)21-30(20-26-17-18-27-11-7-8-12-28(27)19-26)38(46)42-37-34-16-10-9-13-29(34)22-36(37)45/h4-19,30-31,33,35-37,44-45H,20-25H2,1-3H3,(H,41,47)(H,42,46)/t30-,31-,33-,35?,36+,37-/m0/s1. The fraction of sp³-hybridized carbons (Fsp3) is 0.400. The van der Waals surface area contributed by atoms with E-state index in [-0.39, 0.29) is 36.4 Å². The molecule has 6 atom stereocenters. The molecule has 0 bridgehead atoms. The first-order valence-corrected chi connectivity index (χ1v) is 17.0. The molecule has 6 rings (SSSR count). The van der Waals surface area contributed by atoms with Gasteiger partial charge in [-0.25, -0.2) is 0 Å². The number of fused-ring (bicyclic) bond motifs is 2. The van der Waals surface area contributed by atoms with Crippen molar-refractivity contribution < 1.29 is 24.5 Å². The van der Waals surface area contributed by atoms with Crippen LogP contribution in [-0.2, 0) is 22.4 Å². The van der Waals surface area contributed by atoms with Crippen LogP contribution in [0.1, 0.15) is 56.3 Å². The van der Waals surface area contributed by atoms with Crippen LogP contribution in [0.15, 0.2) is 97.1 Å². The summed E-state index contributed by atoms with van der Waals surface area (Å²) in [6, 6.07) is 30.7. The molecule has 1 aliphatic heterocycles. The monoisotopic (exact) mass is 649 g/mol. The molecule has 48 heavy (non-hydrogen) atoms. The van der Waals surface area contributed by atoms with Crippen LogP contribution in [0, 0.1) is 5.92 Å². The number of aliphatic hydroxyl groups excluding tert-OH is 2. The molecule has 2 amide bonds. The topological polar surface area (TPSA) is 111 Å². The Balaban J connectivity index is 1.13. The summed E-state index contributed by atoms with van der Waals surface area (Å²) in [6.45, 7) is 6.89. The molecular weight excluding hydrogens is 602 g/mol. The first-order valence-electron chi connectivity index (χ1n) is 17.0. The summed E-state index contributed by atoms with van der Waals surface area (Å²) in [6.07, 6.45) is -0.238. The second-order valence-electron chi connectivity index (χ2n) is 14.3. The number of nitrogens with one attached hydrogen (secondary N) is 2. The van der Waals surface area contributed by atoms with Gasteiger partial charge in [0.25, 0.3) is 0 Å². The third-order valence-corrected chi connectivity index (χ3v) is 9.71. The van der Waals surface area contributed by atoms with E-state index in [1.165, 1.54) is 0 Å². The molecule has 0 aromatic heterocycles. The van der Waals surface area contributed by atoms with Crippen LogP contribution < -0.4 is 15.4 Å². The molecular formula is C40H47N3O5. The Kier molecular flexibility index (Phi) is 10.2. The van der Waals surface area contributed by atoms with Gasteiger partial charge in [-0.1, -0.05) is 84.9 Å². The predicted octanol–water partition coefficient (Wildman–Crippen LogP) is 4.96. The molecule has 2 aliphatic rings. The molecule has 1 heterocycles. The second kappa shape index (κ2) is 14.5. The van der Waals surface area contributed by atoms with Gasteiger partial charge >= 0.3 is 0 Å². The smallest absolute Gasteiger partial charge is 0.237 e. The maximum absolute atomic E-state index is 13.9. The Morgan fingerprint density at radius 3 is 2.42 bits per heavy atom. The summed E-state index contributed by atoms with van der Waals surface area (Å²) < 4.78 is 6.22. The number of benzene rings is 4. The number of likely N-dealkylation sites (tertiary alicyclic amines) is 1. The second-order valence-corrected chi connectivity index (χ2v) is 14.3. The molecule has 4 aromatic rings. The summed E-state index contributed by atoms with van der Waals surface area (Å²) in [5.41, 5.74) is 2.66. The largest absolute Gasteiger partial charge is 0.489 e. The van der Waals surface area contributed by atoms with E-state index in [9.17, 15) is 19.8 Å². The lowest BCUT2D eigenvalue weighted by Gasteiger charge is -2.36. The zero-order valence-electron chi connectivity index (χ0n) is 28.0. The van der Waals surface area contributed by atoms with Crippen molar-refractivity contribution in [1.29, 1.82) is 0 Å². The third-order valence-electron chi connectivity index (χ3n) is 9.71. The van der Waals surface area contributed by atoms with E-state index in [0.29, 0.717) is 25.8 Å². The van der Waals surface area contributed by atoms with Crippen molar-refractivity contribution in [2.45, 2.75) is 82.4 Å². The molecule has 1 saturated heterocycles. The molecule has 8 heteroatoms. The van der Waals surface area contributed by atoms with Gasteiger partial charge in [-0.05, 0) is 73.2 Å². The normalized spacial score (nSPS) is 22.2. The van der Waals surface area contributed by atoms with Gasteiger partial charge in [-0.3, -0.25) is 14.5 Å². The quantitative estimate of drug-likeness (QED) is 0.183. The highest BCUT2D eigenvalue weighted by molar-refractivity contribution is 5.84. The summed E-state index contributed by atoms with van der Waals surface area (Å²) in [7, 11) is 0. The number of ether oxygens (including phenoxy) is 1. The minimum atomic E-state index is -0.952. The molecule has 0 radical (unpaired) electrons. The van der Waals surface area contributed by atoms with Gasteiger partial charge in [-0.2, -0.15) is 0 Å². The van der Waals surface area contributed by atoms with E-state index in [2.05, 4.69) is 48.4 Å². The first kappa shape index (κ1) is 33.7. The van der Waals surface area contributed by atoms with Gasteiger partial charge in [0.05, 0.1) is 24.3 Å². The number of aliphatic hydroxyl groups is 2. The first-order chi connectivity index (χ1) is 23.0. The van der Waals surface area contributed by atoms with Gasteiger partial charge in [0.1, 0.15) is 11.9 Å². The van der Waals surface area contributed by atoms with E-state index < -0.39 is 30.2 Å². The Morgan fingerprint density at radius 1 is 0.938 bits per heavy atom. The number of carbonyl (C=O) groups excluding carboxylic acids is 2. The fourth-order valence-electron chi connectivity index (χ4n) is 7.26. The zero-order chi connectivity index (χ0) is 33.8. The molecule has 1 aliphatic carbocycles. The SMILES string of the molecule is CC(C)(C)N1C[C@@H](Oc2ccccc2)CC1C(=O)NC[C@@H](O)C[C@H](Cc1ccc2ccccc2c1)C(=O)N[C@H]1c2ccccc2C[C@H]1O. The average Bonchev–Trinajstić information content (AvgIpc) is 3.64. The third kappa shape index (κ3) is 7.89. The molecule has 0 spiro atoms. The molecule has 1 fully saturated rings. The van der Waals surface area contributed by atoms with Crippen LogP contribution in [-0.4, -0.2) is 69.9 Å². The van der Waals surface area contributed by atoms with Crippen molar-refractivity contribution in [2.24, 2.45) is 5.92 Å². The van der Waals surface area contributed by atoms with E-state index in [1.807, 2.05) is 84.9 Å². The Bertz CT molecular complexity index is 1720. The lowest BCUT2D eigenvalue weighted by Crippen LogP contribution is -2.52. The van der Waals surface area contributed by atoms with Crippen LogP contribution >= 0.6 is 0 Å². The van der Waals surface area contributed by atoms with Gasteiger partial charge < -0.3 is 25.6 Å². The molecule has 8 nitrogen and oxygen atoms in total. The number of hydrogen-bond donors (Lipinski definition) is 4. The van der Waals surface area contributed by atoms with Gasteiger partial charge in [0.15, 0.2) is 0 Å². The van der Waals surface area contributed by atoms with Crippen molar-refractivity contribution in [3.8, 4) is 5.75 Å². The van der Waals surface area contributed by atoms with E-state index in [4.69, 9.17) is 4.74 Å². The van der Waals surface area contributed by atoms with E-state index >= 15 is 0 Å².